The zero-order valence-corrected chi connectivity index (χ0v) is 18.1. The predicted molar refractivity (Wildman–Crippen MR) is 126 cm³/mol. The van der Waals surface area contributed by atoms with Crippen molar-refractivity contribution >= 4 is 17.3 Å². The van der Waals surface area contributed by atoms with Gasteiger partial charge in [0.05, 0.1) is 6.54 Å². The predicted octanol–water partition coefficient (Wildman–Crippen LogP) is 4.80. The van der Waals surface area contributed by atoms with Crippen LogP contribution in [0.4, 0.5) is 11.4 Å². The van der Waals surface area contributed by atoms with Gasteiger partial charge < -0.3 is 10.2 Å². The Hall–Kier alpha value is -3.11. The normalized spacial score (nSPS) is 10.8. The Balaban J connectivity index is 1.61. The van der Waals surface area contributed by atoms with Crippen LogP contribution in [-0.2, 0) is 17.8 Å². The number of benzene rings is 3. The summed E-state index contributed by atoms with van der Waals surface area (Å²) in [5.41, 5.74) is 5.63. The average Bonchev–Trinajstić information content (AvgIpc) is 2.75. The van der Waals surface area contributed by atoms with Gasteiger partial charge in [0, 0.05) is 32.0 Å². The van der Waals surface area contributed by atoms with Gasteiger partial charge in [0.15, 0.2) is 0 Å². The summed E-state index contributed by atoms with van der Waals surface area (Å²) in [5.74, 6) is 0.0160. The van der Waals surface area contributed by atoms with E-state index >= 15 is 0 Å². The maximum absolute atomic E-state index is 12.8. The largest absolute Gasteiger partial charge is 0.378 e. The van der Waals surface area contributed by atoms with Crippen molar-refractivity contribution < 1.29 is 4.79 Å². The molecule has 0 fully saturated rings. The molecule has 3 aromatic rings. The lowest BCUT2D eigenvalue weighted by Crippen LogP contribution is -2.33. The summed E-state index contributed by atoms with van der Waals surface area (Å²) in [7, 11) is 4.07. The molecule has 0 aromatic heterocycles. The number of para-hydroxylation sites is 1. The van der Waals surface area contributed by atoms with E-state index < -0.39 is 0 Å². The highest BCUT2D eigenvalue weighted by Gasteiger charge is 2.12. The van der Waals surface area contributed by atoms with E-state index in [1.54, 1.807) is 0 Å². The molecule has 0 spiro atoms. The summed E-state index contributed by atoms with van der Waals surface area (Å²) in [4.78, 5) is 17.0. The van der Waals surface area contributed by atoms with Gasteiger partial charge in [0.1, 0.15) is 0 Å². The van der Waals surface area contributed by atoms with Crippen molar-refractivity contribution in [2.24, 2.45) is 0 Å². The Kier molecular flexibility index (Phi) is 7.63. The van der Waals surface area contributed by atoms with E-state index in [1.165, 1.54) is 16.8 Å². The lowest BCUT2D eigenvalue weighted by molar-refractivity contribution is -0.117. The van der Waals surface area contributed by atoms with Gasteiger partial charge in [0.25, 0.3) is 0 Å². The van der Waals surface area contributed by atoms with Crippen LogP contribution in [0.2, 0.25) is 0 Å². The van der Waals surface area contributed by atoms with Crippen molar-refractivity contribution in [3.05, 3.63) is 95.6 Å². The molecule has 3 aromatic carbocycles. The van der Waals surface area contributed by atoms with Gasteiger partial charge in [-0.05, 0) is 47.9 Å². The van der Waals surface area contributed by atoms with Gasteiger partial charge in [-0.25, -0.2) is 0 Å². The van der Waals surface area contributed by atoms with E-state index in [0.29, 0.717) is 6.54 Å². The number of nitrogens with zero attached hydrogens (tertiary/aromatic N) is 2. The van der Waals surface area contributed by atoms with Crippen molar-refractivity contribution in [3.8, 4) is 0 Å². The van der Waals surface area contributed by atoms with Crippen LogP contribution in [-0.4, -0.2) is 38.0 Å². The first-order valence-corrected chi connectivity index (χ1v) is 10.5. The Morgan fingerprint density at radius 1 is 0.833 bits per heavy atom. The molecule has 0 unspecified atom stereocenters. The molecular weight excluding hydrogens is 370 g/mol. The first-order chi connectivity index (χ1) is 14.5. The number of hydrogen-bond acceptors (Lipinski definition) is 3. The van der Waals surface area contributed by atoms with Gasteiger partial charge in [0.2, 0.25) is 5.91 Å². The lowest BCUT2D eigenvalue weighted by Gasteiger charge is -2.21. The summed E-state index contributed by atoms with van der Waals surface area (Å²) >= 11 is 0. The minimum atomic E-state index is 0.0160. The number of likely N-dealkylation sites (N-methyl/N-ethyl adjacent to an activating group) is 1. The molecule has 30 heavy (non-hydrogen) atoms. The minimum Gasteiger partial charge on any atom is -0.378 e. The molecule has 0 saturated carbocycles. The molecule has 0 aliphatic carbocycles. The topological polar surface area (TPSA) is 35.6 Å². The van der Waals surface area contributed by atoms with Crippen LogP contribution in [0.15, 0.2) is 78.9 Å². The summed E-state index contributed by atoms with van der Waals surface area (Å²) in [6.45, 7) is 4.02. The van der Waals surface area contributed by atoms with Crippen molar-refractivity contribution in [1.29, 1.82) is 0 Å². The van der Waals surface area contributed by atoms with Gasteiger partial charge in [-0.15, -0.1) is 0 Å². The van der Waals surface area contributed by atoms with E-state index in [9.17, 15) is 4.79 Å². The first-order valence-electron chi connectivity index (χ1n) is 10.5. The maximum Gasteiger partial charge on any atom is 0.238 e. The molecule has 0 radical (unpaired) electrons. The minimum absolute atomic E-state index is 0.0160. The highest BCUT2D eigenvalue weighted by Crippen LogP contribution is 2.19. The van der Waals surface area contributed by atoms with E-state index in [4.69, 9.17) is 0 Å². The van der Waals surface area contributed by atoms with Gasteiger partial charge in [-0.1, -0.05) is 67.6 Å². The van der Waals surface area contributed by atoms with Crippen molar-refractivity contribution in [3.63, 3.8) is 0 Å². The van der Waals surface area contributed by atoms with E-state index in [2.05, 4.69) is 64.5 Å². The van der Waals surface area contributed by atoms with Gasteiger partial charge >= 0.3 is 0 Å². The molecule has 0 aliphatic rings. The zero-order chi connectivity index (χ0) is 21.3. The summed E-state index contributed by atoms with van der Waals surface area (Å²) in [5, 5.41) is 3.12. The third-order valence-corrected chi connectivity index (χ3v) is 5.20. The molecular formula is C26H31N3O. The molecule has 0 bridgehead atoms. The van der Waals surface area contributed by atoms with Crippen molar-refractivity contribution in [1.82, 2.24) is 4.90 Å². The Labute approximate surface area is 180 Å². The van der Waals surface area contributed by atoms with E-state index in [-0.39, 0.29) is 5.91 Å². The average molecular weight is 402 g/mol. The highest BCUT2D eigenvalue weighted by atomic mass is 16.2. The molecule has 156 valence electrons. The molecule has 0 heterocycles. The van der Waals surface area contributed by atoms with Crippen LogP contribution in [0, 0.1) is 0 Å². The molecule has 1 amide bonds. The Morgan fingerprint density at radius 2 is 1.50 bits per heavy atom. The van der Waals surface area contributed by atoms with Crippen molar-refractivity contribution in [2.75, 3.05) is 37.4 Å². The standard InChI is InChI=1S/C26H31N3O/c1-4-29(19-22-14-16-24(17-15-22)28(2)3)20-26(30)27-25-13-9-8-12-23(25)18-21-10-6-5-7-11-21/h5-17H,4,18-20H2,1-3H3,(H,27,30). The maximum atomic E-state index is 12.8. The van der Waals surface area contributed by atoms with Crippen LogP contribution in [0.25, 0.3) is 0 Å². The van der Waals surface area contributed by atoms with Gasteiger partial charge in [-0.2, -0.15) is 0 Å². The molecule has 4 heteroatoms. The lowest BCUT2D eigenvalue weighted by atomic mass is 10.0. The van der Waals surface area contributed by atoms with Crippen LogP contribution < -0.4 is 10.2 Å². The molecule has 4 nitrogen and oxygen atoms in total. The summed E-state index contributed by atoms with van der Waals surface area (Å²) in [6, 6.07) is 26.9. The fourth-order valence-electron chi connectivity index (χ4n) is 3.44. The fourth-order valence-corrected chi connectivity index (χ4v) is 3.44. The van der Waals surface area contributed by atoms with E-state index in [0.717, 1.165) is 30.8 Å². The van der Waals surface area contributed by atoms with Crippen molar-refractivity contribution in [2.45, 2.75) is 19.9 Å². The SMILES string of the molecule is CCN(CC(=O)Nc1ccccc1Cc1ccccc1)Cc1ccc(N(C)C)cc1. The molecule has 0 saturated heterocycles. The van der Waals surface area contributed by atoms with Crippen LogP contribution in [0.1, 0.15) is 23.6 Å². The molecule has 3 rings (SSSR count). The van der Waals surface area contributed by atoms with Crippen LogP contribution in [0.3, 0.4) is 0 Å². The second-order valence-electron chi connectivity index (χ2n) is 7.73. The number of hydrogen-bond donors (Lipinski definition) is 1. The third kappa shape index (κ3) is 6.19. The monoisotopic (exact) mass is 401 g/mol. The quantitative estimate of drug-likeness (QED) is 0.559. The molecule has 0 atom stereocenters. The van der Waals surface area contributed by atoms with Crippen LogP contribution in [0.5, 0.6) is 0 Å². The number of carbonyl (C=O) groups is 1. The smallest absolute Gasteiger partial charge is 0.238 e. The summed E-state index contributed by atoms with van der Waals surface area (Å²) in [6.07, 6.45) is 0.799. The molecule has 1 N–H and O–H groups in total. The molecule has 0 aliphatic heterocycles. The van der Waals surface area contributed by atoms with Crippen LogP contribution >= 0.6 is 0 Å². The number of rotatable bonds is 9. The number of amides is 1. The number of anilines is 2. The Morgan fingerprint density at radius 3 is 2.17 bits per heavy atom. The fraction of sp³-hybridized carbons (Fsp3) is 0.269. The first kappa shape index (κ1) is 21.6. The zero-order valence-electron chi connectivity index (χ0n) is 18.1. The second kappa shape index (κ2) is 10.6. The van der Waals surface area contributed by atoms with Gasteiger partial charge in [-0.3, -0.25) is 9.69 Å². The highest BCUT2D eigenvalue weighted by molar-refractivity contribution is 5.93. The number of carbonyl (C=O) groups excluding carboxylic acids is 1. The number of nitrogens with one attached hydrogen (secondary N) is 1. The second-order valence-corrected chi connectivity index (χ2v) is 7.73. The Bertz CT molecular complexity index is 936. The third-order valence-electron chi connectivity index (χ3n) is 5.20. The summed E-state index contributed by atoms with van der Waals surface area (Å²) < 4.78 is 0. The van der Waals surface area contributed by atoms with E-state index in [1.807, 2.05) is 50.5 Å².